The summed E-state index contributed by atoms with van der Waals surface area (Å²) in [6.07, 6.45) is 0. The fraction of sp³-hybridized carbons (Fsp3) is 0.111. The Labute approximate surface area is 203 Å². The summed E-state index contributed by atoms with van der Waals surface area (Å²) in [7, 11) is 0. The summed E-state index contributed by atoms with van der Waals surface area (Å²) in [4.78, 5) is 28.6. The van der Waals surface area contributed by atoms with Crippen LogP contribution in [0.15, 0.2) is 82.1 Å². The maximum Gasteiger partial charge on any atom is 0.265 e. The molecule has 6 aromatic rings. The predicted octanol–water partition coefficient (Wildman–Crippen LogP) is 5.71. The van der Waals surface area contributed by atoms with E-state index in [0.717, 1.165) is 26.8 Å². The molecule has 3 aromatic carbocycles. The quantitative estimate of drug-likeness (QED) is 0.306. The number of benzene rings is 3. The normalized spacial score (nSPS) is 11.6. The summed E-state index contributed by atoms with van der Waals surface area (Å²) in [6, 6.07) is 23.8. The van der Waals surface area contributed by atoms with Crippen LogP contribution in [0.4, 0.5) is 0 Å². The molecule has 0 aliphatic heterocycles. The second-order valence-corrected chi connectivity index (χ2v) is 9.35. The van der Waals surface area contributed by atoms with E-state index in [-0.39, 0.29) is 5.56 Å². The van der Waals surface area contributed by atoms with Gasteiger partial charge in [-0.1, -0.05) is 57.9 Å². The standard InChI is InChI=1S/C27H20BrN5O/c1-16-7-9-18(10-8-16)15-32-17(2)29-25-23(27(32)34)24-26(31-22-6-4-3-5-21(22)30-24)33(25)20-13-11-19(28)12-14-20/h3-14H,15H2,1-2H3. The maximum atomic E-state index is 13.9. The molecule has 6 nitrogen and oxygen atoms in total. The number of hydrogen-bond acceptors (Lipinski definition) is 4. The first kappa shape index (κ1) is 20.7. The Morgan fingerprint density at radius 2 is 1.47 bits per heavy atom. The minimum Gasteiger partial charge on any atom is -0.292 e. The summed E-state index contributed by atoms with van der Waals surface area (Å²) in [5.74, 6) is 0.642. The van der Waals surface area contributed by atoms with E-state index in [2.05, 4.69) is 35.0 Å². The molecule has 0 N–H and O–H groups in total. The summed E-state index contributed by atoms with van der Waals surface area (Å²) in [5, 5.41) is 0.480. The van der Waals surface area contributed by atoms with E-state index < -0.39 is 0 Å². The van der Waals surface area contributed by atoms with Crippen LogP contribution < -0.4 is 5.56 Å². The topological polar surface area (TPSA) is 65.6 Å². The van der Waals surface area contributed by atoms with Gasteiger partial charge in [0.05, 0.1) is 17.6 Å². The number of fused-ring (bicyclic) bond motifs is 4. The largest absolute Gasteiger partial charge is 0.292 e. The molecule has 3 aromatic heterocycles. The van der Waals surface area contributed by atoms with E-state index in [1.165, 1.54) is 5.56 Å². The Hall–Kier alpha value is -3.84. The van der Waals surface area contributed by atoms with Crippen LogP contribution in [0.5, 0.6) is 0 Å². The molecule has 3 heterocycles. The van der Waals surface area contributed by atoms with Gasteiger partial charge in [-0.3, -0.25) is 13.9 Å². The van der Waals surface area contributed by atoms with Gasteiger partial charge in [0.25, 0.3) is 5.56 Å². The van der Waals surface area contributed by atoms with Crippen molar-refractivity contribution in [2.24, 2.45) is 0 Å². The number of aromatic nitrogens is 5. The summed E-state index contributed by atoms with van der Waals surface area (Å²) >= 11 is 3.50. The van der Waals surface area contributed by atoms with Gasteiger partial charge < -0.3 is 0 Å². The lowest BCUT2D eigenvalue weighted by Crippen LogP contribution is -2.24. The third-order valence-corrected chi connectivity index (χ3v) is 6.63. The lowest BCUT2D eigenvalue weighted by molar-refractivity contribution is 0.711. The highest BCUT2D eigenvalue weighted by Gasteiger charge is 2.22. The molecule has 0 atom stereocenters. The van der Waals surface area contributed by atoms with Crippen molar-refractivity contribution in [3.8, 4) is 5.69 Å². The Morgan fingerprint density at radius 1 is 0.794 bits per heavy atom. The average Bonchev–Trinajstić information content (AvgIpc) is 3.14. The smallest absolute Gasteiger partial charge is 0.265 e. The van der Waals surface area contributed by atoms with Gasteiger partial charge in [0.1, 0.15) is 16.7 Å². The highest BCUT2D eigenvalue weighted by molar-refractivity contribution is 9.10. The van der Waals surface area contributed by atoms with Crippen LogP contribution in [0, 0.1) is 13.8 Å². The lowest BCUT2D eigenvalue weighted by atomic mass is 10.1. The molecule has 0 spiro atoms. The molecule has 0 saturated heterocycles. The lowest BCUT2D eigenvalue weighted by Gasteiger charge is -2.11. The predicted molar refractivity (Wildman–Crippen MR) is 139 cm³/mol. The molecule has 0 aliphatic rings. The fourth-order valence-electron chi connectivity index (χ4n) is 4.33. The van der Waals surface area contributed by atoms with Crippen LogP contribution in [0.1, 0.15) is 17.0 Å². The minimum absolute atomic E-state index is 0.117. The summed E-state index contributed by atoms with van der Waals surface area (Å²) < 4.78 is 4.62. The number of hydrogen-bond donors (Lipinski definition) is 0. The number of rotatable bonds is 3. The van der Waals surface area contributed by atoms with Crippen molar-refractivity contribution in [3.63, 3.8) is 0 Å². The average molecular weight is 510 g/mol. The second kappa shape index (κ2) is 7.88. The maximum absolute atomic E-state index is 13.9. The molecule has 0 amide bonds. The molecular weight excluding hydrogens is 490 g/mol. The van der Waals surface area contributed by atoms with Gasteiger partial charge in [0.2, 0.25) is 0 Å². The van der Waals surface area contributed by atoms with Crippen LogP contribution in [-0.2, 0) is 6.54 Å². The number of aryl methyl sites for hydroxylation is 2. The second-order valence-electron chi connectivity index (χ2n) is 8.43. The third-order valence-electron chi connectivity index (χ3n) is 6.10. The Balaban J connectivity index is 1.70. The van der Waals surface area contributed by atoms with Crippen molar-refractivity contribution in [2.75, 3.05) is 0 Å². The molecule has 0 bridgehead atoms. The number of halogens is 1. The SMILES string of the molecule is Cc1ccc(Cn2c(C)nc3c(c2=O)c2nc4ccccc4nc2n3-c2ccc(Br)cc2)cc1. The number of nitrogens with zero attached hydrogens (tertiary/aromatic N) is 5. The molecule has 7 heteroatoms. The molecule has 6 rings (SSSR count). The van der Waals surface area contributed by atoms with Gasteiger partial charge in [-0.2, -0.15) is 0 Å². The highest BCUT2D eigenvalue weighted by atomic mass is 79.9. The molecule has 0 aliphatic carbocycles. The Morgan fingerprint density at radius 3 is 2.18 bits per heavy atom. The van der Waals surface area contributed by atoms with Gasteiger partial charge in [-0.25, -0.2) is 15.0 Å². The van der Waals surface area contributed by atoms with E-state index in [9.17, 15) is 4.79 Å². The van der Waals surface area contributed by atoms with Crippen LogP contribution in [0.25, 0.3) is 38.9 Å². The first-order valence-electron chi connectivity index (χ1n) is 11.0. The molecule has 0 fully saturated rings. The van der Waals surface area contributed by atoms with Gasteiger partial charge in [0, 0.05) is 10.2 Å². The van der Waals surface area contributed by atoms with E-state index in [1.807, 2.05) is 72.2 Å². The van der Waals surface area contributed by atoms with Gasteiger partial charge >= 0.3 is 0 Å². The minimum atomic E-state index is -0.117. The Kier molecular flexibility index (Phi) is 4.81. The van der Waals surface area contributed by atoms with Crippen molar-refractivity contribution < 1.29 is 0 Å². The Bertz CT molecular complexity index is 1770. The van der Waals surface area contributed by atoms with Gasteiger partial charge in [0.15, 0.2) is 11.3 Å². The zero-order chi connectivity index (χ0) is 23.4. The van der Waals surface area contributed by atoms with E-state index in [4.69, 9.17) is 15.0 Å². The van der Waals surface area contributed by atoms with Gasteiger partial charge in [-0.15, -0.1) is 0 Å². The van der Waals surface area contributed by atoms with Crippen LogP contribution in [0.2, 0.25) is 0 Å². The zero-order valence-corrected chi connectivity index (χ0v) is 20.2. The molecule has 0 unspecified atom stereocenters. The van der Waals surface area contributed by atoms with Crippen LogP contribution >= 0.6 is 15.9 Å². The van der Waals surface area contributed by atoms with Crippen molar-refractivity contribution in [2.45, 2.75) is 20.4 Å². The van der Waals surface area contributed by atoms with E-state index >= 15 is 0 Å². The molecule has 34 heavy (non-hydrogen) atoms. The fourth-order valence-corrected chi connectivity index (χ4v) is 4.59. The zero-order valence-electron chi connectivity index (χ0n) is 18.7. The summed E-state index contributed by atoms with van der Waals surface area (Å²) in [6.45, 7) is 4.37. The van der Waals surface area contributed by atoms with Crippen LogP contribution in [0.3, 0.4) is 0 Å². The molecule has 166 valence electrons. The van der Waals surface area contributed by atoms with E-state index in [0.29, 0.717) is 34.6 Å². The monoisotopic (exact) mass is 509 g/mol. The summed E-state index contributed by atoms with van der Waals surface area (Å²) in [5.41, 5.74) is 6.24. The third kappa shape index (κ3) is 3.31. The van der Waals surface area contributed by atoms with Crippen molar-refractivity contribution in [1.82, 2.24) is 24.1 Å². The van der Waals surface area contributed by atoms with Crippen molar-refractivity contribution in [3.05, 3.63) is 105 Å². The van der Waals surface area contributed by atoms with Crippen molar-refractivity contribution >= 4 is 49.2 Å². The molecular formula is C27H20BrN5O. The first-order chi connectivity index (χ1) is 16.5. The van der Waals surface area contributed by atoms with Gasteiger partial charge in [-0.05, 0) is 55.8 Å². The highest BCUT2D eigenvalue weighted by Crippen LogP contribution is 2.29. The van der Waals surface area contributed by atoms with E-state index in [1.54, 1.807) is 4.57 Å². The van der Waals surface area contributed by atoms with Crippen LogP contribution in [-0.4, -0.2) is 24.1 Å². The molecule has 0 radical (unpaired) electrons. The number of para-hydroxylation sites is 2. The first-order valence-corrected chi connectivity index (χ1v) is 11.8. The van der Waals surface area contributed by atoms with Crippen molar-refractivity contribution in [1.29, 1.82) is 0 Å². The molecule has 0 saturated carbocycles.